The van der Waals surface area contributed by atoms with Crippen LogP contribution in [-0.2, 0) is 24.3 Å². The molecule has 0 aliphatic rings. The summed E-state index contributed by atoms with van der Waals surface area (Å²) < 4.78 is 1.93. The van der Waals surface area contributed by atoms with Crippen LogP contribution < -0.4 is 5.32 Å². The van der Waals surface area contributed by atoms with Gasteiger partial charge in [-0.3, -0.25) is 14.5 Å². The number of hydrogen-bond donors (Lipinski definition) is 1. The number of amides is 1. The molecule has 5 aromatic rings. The molecule has 0 saturated carbocycles. The predicted molar refractivity (Wildman–Crippen MR) is 134 cm³/mol. The second kappa shape index (κ2) is 10.2. The van der Waals surface area contributed by atoms with Gasteiger partial charge in [0, 0.05) is 35.4 Å². The zero-order chi connectivity index (χ0) is 23.2. The number of benzene rings is 2. The van der Waals surface area contributed by atoms with Gasteiger partial charge in [-0.05, 0) is 17.7 Å². The summed E-state index contributed by atoms with van der Waals surface area (Å²) in [5.41, 5.74) is 5.61. The zero-order valence-electron chi connectivity index (χ0n) is 18.5. The van der Waals surface area contributed by atoms with E-state index in [4.69, 9.17) is 5.10 Å². The Bertz CT molecular complexity index is 1360. The van der Waals surface area contributed by atoms with Crippen molar-refractivity contribution in [2.45, 2.75) is 19.5 Å². The molecule has 5 rings (SSSR count). The number of pyridine rings is 1. The molecule has 0 fully saturated rings. The van der Waals surface area contributed by atoms with Gasteiger partial charge in [0.1, 0.15) is 5.01 Å². The van der Waals surface area contributed by atoms with E-state index in [2.05, 4.69) is 27.4 Å². The molecular formula is C27H23N5OS. The van der Waals surface area contributed by atoms with Crippen molar-refractivity contribution in [2.24, 2.45) is 0 Å². The summed E-state index contributed by atoms with van der Waals surface area (Å²) in [6.07, 6.45) is 3.98. The van der Waals surface area contributed by atoms with Gasteiger partial charge in [0.25, 0.3) is 0 Å². The van der Waals surface area contributed by atoms with Crippen molar-refractivity contribution >= 4 is 17.2 Å². The molecule has 0 atom stereocenters. The molecule has 34 heavy (non-hydrogen) atoms. The SMILES string of the molecule is O=C(Cc1csc(-c2ccccn2)n1)NCc1cn(Cc2ccccc2)nc1-c1ccccc1. The van der Waals surface area contributed by atoms with Gasteiger partial charge in [0.05, 0.1) is 30.0 Å². The molecule has 7 heteroatoms. The molecule has 3 heterocycles. The largest absolute Gasteiger partial charge is 0.352 e. The third kappa shape index (κ3) is 5.27. The van der Waals surface area contributed by atoms with Gasteiger partial charge >= 0.3 is 0 Å². The molecule has 0 saturated heterocycles. The summed E-state index contributed by atoms with van der Waals surface area (Å²) in [6.45, 7) is 1.07. The monoisotopic (exact) mass is 465 g/mol. The van der Waals surface area contributed by atoms with E-state index < -0.39 is 0 Å². The van der Waals surface area contributed by atoms with Crippen LogP contribution in [-0.4, -0.2) is 25.7 Å². The molecule has 2 aromatic carbocycles. The first-order chi connectivity index (χ1) is 16.7. The summed E-state index contributed by atoms with van der Waals surface area (Å²) >= 11 is 1.50. The van der Waals surface area contributed by atoms with E-state index in [0.717, 1.165) is 33.2 Å². The maximum Gasteiger partial charge on any atom is 0.226 e. The van der Waals surface area contributed by atoms with Crippen LogP contribution >= 0.6 is 11.3 Å². The molecule has 3 aromatic heterocycles. The highest BCUT2D eigenvalue weighted by atomic mass is 32.1. The Morgan fingerprint density at radius 3 is 2.47 bits per heavy atom. The van der Waals surface area contributed by atoms with Crippen LogP contribution in [0.15, 0.2) is 96.6 Å². The van der Waals surface area contributed by atoms with Crippen LogP contribution in [0.4, 0.5) is 0 Å². The van der Waals surface area contributed by atoms with Crippen LogP contribution in [0.1, 0.15) is 16.8 Å². The van der Waals surface area contributed by atoms with Crippen molar-refractivity contribution in [3.05, 3.63) is 113 Å². The minimum absolute atomic E-state index is 0.0762. The fourth-order valence-electron chi connectivity index (χ4n) is 3.70. The minimum Gasteiger partial charge on any atom is -0.352 e. The van der Waals surface area contributed by atoms with E-state index in [-0.39, 0.29) is 12.3 Å². The Kier molecular flexibility index (Phi) is 6.54. The predicted octanol–water partition coefficient (Wildman–Crippen LogP) is 4.98. The maximum atomic E-state index is 12.7. The summed E-state index contributed by atoms with van der Waals surface area (Å²) in [5, 5.41) is 10.6. The zero-order valence-corrected chi connectivity index (χ0v) is 19.3. The van der Waals surface area contributed by atoms with Crippen LogP contribution in [0.25, 0.3) is 22.0 Å². The minimum atomic E-state index is -0.0762. The Morgan fingerprint density at radius 2 is 1.71 bits per heavy atom. The third-order valence-corrected chi connectivity index (χ3v) is 6.24. The number of hydrogen-bond acceptors (Lipinski definition) is 5. The second-order valence-electron chi connectivity index (χ2n) is 7.86. The Hall–Kier alpha value is -4.10. The van der Waals surface area contributed by atoms with Gasteiger partial charge in [-0.2, -0.15) is 5.10 Å². The summed E-state index contributed by atoms with van der Waals surface area (Å²) in [7, 11) is 0. The van der Waals surface area contributed by atoms with Crippen molar-refractivity contribution in [3.63, 3.8) is 0 Å². The molecule has 168 valence electrons. The molecule has 0 bridgehead atoms. The van der Waals surface area contributed by atoms with Gasteiger partial charge < -0.3 is 5.32 Å². The van der Waals surface area contributed by atoms with E-state index >= 15 is 0 Å². The van der Waals surface area contributed by atoms with Crippen LogP contribution in [0.3, 0.4) is 0 Å². The molecule has 6 nitrogen and oxygen atoms in total. The molecule has 1 N–H and O–H groups in total. The lowest BCUT2D eigenvalue weighted by Crippen LogP contribution is -2.24. The van der Waals surface area contributed by atoms with E-state index in [1.165, 1.54) is 16.9 Å². The topological polar surface area (TPSA) is 72.7 Å². The fourth-order valence-corrected chi connectivity index (χ4v) is 4.49. The van der Waals surface area contributed by atoms with Crippen LogP contribution in [0.5, 0.6) is 0 Å². The van der Waals surface area contributed by atoms with E-state index in [1.807, 2.05) is 83.0 Å². The summed E-state index contributed by atoms with van der Waals surface area (Å²) in [5.74, 6) is -0.0762. The number of nitrogens with zero attached hydrogens (tertiary/aromatic N) is 4. The average Bonchev–Trinajstić information content (AvgIpc) is 3.51. The lowest BCUT2D eigenvalue weighted by molar-refractivity contribution is -0.120. The molecule has 1 amide bonds. The van der Waals surface area contributed by atoms with Crippen LogP contribution in [0, 0.1) is 0 Å². The number of carbonyl (C=O) groups excluding carboxylic acids is 1. The van der Waals surface area contributed by atoms with E-state index in [9.17, 15) is 4.79 Å². The van der Waals surface area contributed by atoms with Crippen molar-refractivity contribution < 1.29 is 4.79 Å². The molecule has 0 aliphatic heterocycles. The van der Waals surface area contributed by atoms with E-state index in [1.54, 1.807) is 6.20 Å². The Labute approximate surface area is 202 Å². The fraction of sp³-hybridized carbons (Fsp3) is 0.111. The standard InChI is InChI=1S/C27H23N5OS/c33-25(15-23-19-34-27(30-23)24-13-7-8-14-28-24)29-16-22-18-32(17-20-9-3-1-4-10-20)31-26(22)21-11-5-2-6-12-21/h1-14,18-19H,15-17H2,(H,29,33). The normalized spacial score (nSPS) is 10.8. The lowest BCUT2D eigenvalue weighted by Gasteiger charge is -2.05. The first-order valence-corrected chi connectivity index (χ1v) is 11.9. The smallest absolute Gasteiger partial charge is 0.226 e. The number of carbonyl (C=O) groups is 1. The summed E-state index contributed by atoms with van der Waals surface area (Å²) in [6, 6.07) is 26.0. The Morgan fingerprint density at radius 1 is 0.941 bits per heavy atom. The highest BCUT2D eigenvalue weighted by molar-refractivity contribution is 7.13. The van der Waals surface area contributed by atoms with E-state index in [0.29, 0.717) is 13.1 Å². The lowest BCUT2D eigenvalue weighted by atomic mass is 10.1. The number of nitrogens with one attached hydrogen (secondary N) is 1. The van der Waals surface area contributed by atoms with Gasteiger partial charge in [0.15, 0.2) is 0 Å². The van der Waals surface area contributed by atoms with Crippen molar-refractivity contribution in [3.8, 4) is 22.0 Å². The molecule has 0 unspecified atom stereocenters. The number of thiazole rings is 1. The van der Waals surface area contributed by atoms with Gasteiger partial charge in [0.2, 0.25) is 5.91 Å². The highest BCUT2D eigenvalue weighted by Gasteiger charge is 2.14. The van der Waals surface area contributed by atoms with Crippen LogP contribution in [0.2, 0.25) is 0 Å². The van der Waals surface area contributed by atoms with Crippen molar-refractivity contribution in [1.82, 2.24) is 25.1 Å². The molecule has 0 aliphatic carbocycles. The van der Waals surface area contributed by atoms with Gasteiger partial charge in [-0.1, -0.05) is 66.7 Å². The molecule has 0 spiro atoms. The van der Waals surface area contributed by atoms with Crippen molar-refractivity contribution in [2.75, 3.05) is 0 Å². The Balaban J connectivity index is 1.28. The molecule has 0 radical (unpaired) electrons. The average molecular weight is 466 g/mol. The first-order valence-electron chi connectivity index (χ1n) is 11.0. The van der Waals surface area contributed by atoms with Gasteiger partial charge in [-0.15, -0.1) is 11.3 Å². The highest BCUT2D eigenvalue weighted by Crippen LogP contribution is 2.23. The third-order valence-electron chi connectivity index (χ3n) is 5.33. The first kappa shape index (κ1) is 21.7. The van der Waals surface area contributed by atoms with Gasteiger partial charge in [-0.25, -0.2) is 4.98 Å². The van der Waals surface area contributed by atoms with Crippen molar-refractivity contribution in [1.29, 1.82) is 0 Å². The number of aromatic nitrogens is 4. The quantitative estimate of drug-likeness (QED) is 0.351. The second-order valence-corrected chi connectivity index (χ2v) is 8.72. The summed E-state index contributed by atoms with van der Waals surface area (Å²) in [4.78, 5) is 21.6. The number of rotatable bonds is 8. The maximum absolute atomic E-state index is 12.7. The molecular weight excluding hydrogens is 442 g/mol.